The van der Waals surface area contributed by atoms with E-state index in [1.54, 1.807) is 18.2 Å². The molecular formula is C15H20N2O2S. The number of hydrogen-bond acceptors (Lipinski definition) is 3. The van der Waals surface area contributed by atoms with Gasteiger partial charge in [0.1, 0.15) is 4.90 Å². The molecule has 3 aliphatic rings. The predicted molar refractivity (Wildman–Crippen MR) is 77.5 cm³/mol. The van der Waals surface area contributed by atoms with Crippen LogP contribution in [0.15, 0.2) is 23.1 Å². The largest absolute Gasteiger partial charge is 0.398 e. The second kappa shape index (κ2) is 3.98. The van der Waals surface area contributed by atoms with Gasteiger partial charge in [0.05, 0.1) is 5.69 Å². The van der Waals surface area contributed by atoms with E-state index in [1.165, 1.54) is 19.3 Å². The van der Waals surface area contributed by atoms with E-state index >= 15 is 0 Å². The molecule has 4 unspecified atom stereocenters. The Bertz CT molecular complexity index is 654. The minimum atomic E-state index is -3.48. The van der Waals surface area contributed by atoms with Gasteiger partial charge in [0, 0.05) is 6.04 Å². The lowest BCUT2D eigenvalue weighted by atomic mass is 10.0. The van der Waals surface area contributed by atoms with E-state index in [9.17, 15) is 8.42 Å². The molecule has 2 bridgehead atoms. The van der Waals surface area contributed by atoms with Crippen LogP contribution < -0.4 is 10.5 Å². The van der Waals surface area contributed by atoms with Gasteiger partial charge in [-0.2, -0.15) is 0 Å². The van der Waals surface area contributed by atoms with Crippen LogP contribution in [0.25, 0.3) is 0 Å². The van der Waals surface area contributed by atoms with Crippen LogP contribution in [-0.4, -0.2) is 14.5 Å². The molecular weight excluding hydrogens is 272 g/mol. The van der Waals surface area contributed by atoms with Crippen LogP contribution in [0.4, 0.5) is 5.69 Å². The van der Waals surface area contributed by atoms with Crippen molar-refractivity contribution in [1.82, 2.24) is 4.72 Å². The summed E-state index contributed by atoms with van der Waals surface area (Å²) in [6.45, 7) is 1.91. The summed E-state index contributed by atoms with van der Waals surface area (Å²) in [6.07, 6.45) is 3.90. The molecule has 0 aliphatic heterocycles. The van der Waals surface area contributed by atoms with Gasteiger partial charge in [-0.3, -0.25) is 0 Å². The number of nitrogens with one attached hydrogen (secondary N) is 1. The molecule has 4 atom stereocenters. The smallest absolute Gasteiger partial charge is 0.242 e. The average molecular weight is 292 g/mol. The Kier molecular flexibility index (Phi) is 2.52. The van der Waals surface area contributed by atoms with E-state index in [0.29, 0.717) is 17.5 Å². The number of sulfonamides is 1. The Hall–Kier alpha value is -1.07. The monoisotopic (exact) mass is 292 g/mol. The topological polar surface area (TPSA) is 72.2 Å². The predicted octanol–water partition coefficient (Wildman–Crippen LogP) is 1.90. The van der Waals surface area contributed by atoms with Crippen molar-refractivity contribution in [3.8, 4) is 0 Å². The number of aryl methyl sites for hydroxylation is 1. The Labute approximate surface area is 119 Å². The first-order valence-electron chi connectivity index (χ1n) is 7.36. The molecule has 0 heterocycles. The lowest BCUT2D eigenvalue weighted by Crippen LogP contribution is -2.30. The Morgan fingerprint density at radius 3 is 2.45 bits per heavy atom. The van der Waals surface area contributed by atoms with Gasteiger partial charge in [0.25, 0.3) is 0 Å². The van der Waals surface area contributed by atoms with Gasteiger partial charge >= 0.3 is 0 Å². The third kappa shape index (κ3) is 1.72. The van der Waals surface area contributed by atoms with Crippen molar-refractivity contribution in [2.75, 3.05) is 5.73 Å². The van der Waals surface area contributed by atoms with E-state index in [0.717, 1.165) is 17.4 Å². The molecule has 0 aromatic heterocycles. The first kappa shape index (κ1) is 12.7. The van der Waals surface area contributed by atoms with Crippen LogP contribution in [0.1, 0.15) is 24.8 Å². The maximum atomic E-state index is 12.5. The van der Waals surface area contributed by atoms with Crippen LogP contribution in [0.3, 0.4) is 0 Å². The van der Waals surface area contributed by atoms with Crippen LogP contribution in [0, 0.1) is 30.6 Å². The minimum absolute atomic E-state index is 0.159. The summed E-state index contributed by atoms with van der Waals surface area (Å²) in [5.74, 6) is 2.70. The molecule has 0 amide bonds. The fourth-order valence-electron chi connectivity index (χ4n) is 4.64. The average Bonchev–Trinajstić information content (AvgIpc) is 2.78. The molecule has 1 aromatic rings. The second-order valence-corrected chi connectivity index (χ2v) is 8.36. The molecule has 108 valence electrons. The number of anilines is 1. The molecule has 20 heavy (non-hydrogen) atoms. The summed E-state index contributed by atoms with van der Waals surface area (Å²) in [4.78, 5) is 0.223. The fraction of sp³-hybridized carbons (Fsp3) is 0.600. The highest BCUT2D eigenvalue weighted by atomic mass is 32.2. The number of nitrogens with two attached hydrogens (primary N) is 1. The number of fused-ring (bicyclic) bond motifs is 5. The van der Waals surface area contributed by atoms with E-state index in [2.05, 4.69) is 4.72 Å². The summed E-state index contributed by atoms with van der Waals surface area (Å²) >= 11 is 0. The first-order valence-corrected chi connectivity index (χ1v) is 8.84. The zero-order valence-corrected chi connectivity index (χ0v) is 12.4. The van der Waals surface area contributed by atoms with E-state index in [1.807, 2.05) is 6.92 Å². The molecule has 4 nitrogen and oxygen atoms in total. The maximum absolute atomic E-state index is 12.5. The first-order chi connectivity index (χ1) is 9.47. The second-order valence-electron chi connectivity index (χ2n) is 6.68. The molecule has 3 fully saturated rings. The summed E-state index contributed by atoms with van der Waals surface area (Å²) in [5.41, 5.74) is 7.18. The number of nitrogen functional groups attached to an aromatic ring is 1. The standard InChI is InChI=1S/C15H20N2O2S/c1-8-2-5-12(11(16)6-8)20(18,19)17-15-13-9-3-4-10(7-9)14(13)15/h2,5-6,9-10,13-15,17H,3-4,7,16H2,1H3. The Morgan fingerprint density at radius 2 is 1.85 bits per heavy atom. The summed E-state index contributed by atoms with van der Waals surface area (Å²) in [7, 11) is -3.48. The molecule has 4 rings (SSSR count). The van der Waals surface area contributed by atoms with Crippen molar-refractivity contribution >= 4 is 15.7 Å². The summed E-state index contributed by atoms with van der Waals surface area (Å²) in [5, 5.41) is 0. The van der Waals surface area contributed by atoms with Crippen molar-refractivity contribution in [2.24, 2.45) is 23.7 Å². The fourth-order valence-corrected chi connectivity index (χ4v) is 6.05. The van der Waals surface area contributed by atoms with Gasteiger partial charge < -0.3 is 5.73 Å². The van der Waals surface area contributed by atoms with E-state index < -0.39 is 10.0 Å². The summed E-state index contributed by atoms with van der Waals surface area (Å²) in [6, 6.07) is 5.28. The molecule has 5 heteroatoms. The Morgan fingerprint density at radius 1 is 1.20 bits per heavy atom. The SMILES string of the molecule is Cc1ccc(S(=O)(=O)NC2C3C4CCC(C4)C23)c(N)c1. The molecule has 0 spiro atoms. The number of hydrogen-bond donors (Lipinski definition) is 2. The van der Waals surface area contributed by atoms with Crippen LogP contribution >= 0.6 is 0 Å². The van der Waals surface area contributed by atoms with Gasteiger partial charge in [-0.15, -0.1) is 0 Å². The highest BCUT2D eigenvalue weighted by molar-refractivity contribution is 7.89. The van der Waals surface area contributed by atoms with Crippen molar-refractivity contribution < 1.29 is 8.42 Å². The van der Waals surface area contributed by atoms with Gasteiger partial charge in [0.2, 0.25) is 10.0 Å². The van der Waals surface area contributed by atoms with E-state index in [4.69, 9.17) is 5.73 Å². The minimum Gasteiger partial charge on any atom is -0.398 e. The molecule has 3 aliphatic carbocycles. The van der Waals surface area contributed by atoms with Gasteiger partial charge in [-0.1, -0.05) is 6.07 Å². The zero-order chi connectivity index (χ0) is 14.1. The van der Waals surface area contributed by atoms with Gasteiger partial charge in [-0.25, -0.2) is 13.1 Å². The van der Waals surface area contributed by atoms with Gasteiger partial charge in [0.15, 0.2) is 0 Å². The number of benzene rings is 1. The third-order valence-electron chi connectivity index (χ3n) is 5.48. The maximum Gasteiger partial charge on any atom is 0.242 e. The van der Waals surface area contributed by atoms with Crippen LogP contribution in [-0.2, 0) is 10.0 Å². The highest BCUT2D eigenvalue weighted by Crippen LogP contribution is 2.65. The van der Waals surface area contributed by atoms with Crippen molar-refractivity contribution in [1.29, 1.82) is 0 Å². The molecule has 1 aromatic carbocycles. The van der Waals surface area contributed by atoms with E-state index in [-0.39, 0.29) is 10.9 Å². The van der Waals surface area contributed by atoms with Crippen molar-refractivity contribution in [3.63, 3.8) is 0 Å². The zero-order valence-electron chi connectivity index (χ0n) is 11.5. The van der Waals surface area contributed by atoms with Crippen molar-refractivity contribution in [2.45, 2.75) is 37.1 Å². The molecule has 0 saturated heterocycles. The van der Waals surface area contributed by atoms with Crippen molar-refractivity contribution in [3.05, 3.63) is 23.8 Å². The lowest BCUT2D eigenvalue weighted by molar-refractivity contribution is 0.456. The quantitative estimate of drug-likeness (QED) is 0.836. The highest BCUT2D eigenvalue weighted by Gasteiger charge is 2.65. The van der Waals surface area contributed by atoms with Crippen LogP contribution in [0.2, 0.25) is 0 Å². The molecule has 3 saturated carbocycles. The molecule has 0 radical (unpaired) electrons. The van der Waals surface area contributed by atoms with Gasteiger partial charge in [-0.05, 0) is 67.6 Å². The Balaban J connectivity index is 1.57. The lowest BCUT2D eigenvalue weighted by Gasteiger charge is -2.13. The molecule has 3 N–H and O–H groups in total. The third-order valence-corrected chi connectivity index (χ3v) is 7.01. The number of rotatable bonds is 3. The normalized spacial score (nSPS) is 38.0. The summed E-state index contributed by atoms with van der Waals surface area (Å²) < 4.78 is 27.9. The van der Waals surface area contributed by atoms with Crippen LogP contribution in [0.5, 0.6) is 0 Å².